The average molecular weight is 995 g/mol. The number of benzene rings is 4. The van der Waals surface area contributed by atoms with Gasteiger partial charge in [0.1, 0.15) is 0 Å². The fourth-order valence-electron chi connectivity index (χ4n) is 8.75. The SMILES string of the molecule is CCCc1cc2c(C)cc(C)cc2[cH-]1.CCCc1cc2c(C)cc(C)cc2[cH-]1.CCCc1cc2c(C)cc(C)cc2[cH-]1.CCCc1cc2c(C)cc(C)cc2[cH-]1.[Cl-].[Cl-].[Zr+2].[Zr+2]. The molecule has 4 heteroatoms. The van der Waals surface area contributed by atoms with E-state index in [9.17, 15) is 0 Å². The number of aryl methyl sites for hydroxylation is 12. The summed E-state index contributed by atoms with van der Waals surface area (Å²) in [4.78, 5) is 0. The molecule has 0 saturated carbocycles. The van der Waals surface area contributed by atoms with Gasteiger partial charge >= 0.3 is 52.4 Å². The molecule has 8 aromatic rings. The summed E-state index contributed by atoms with van der Waals surface area (Å²) in [5.74, 6) is 0. The van der Waals surface area contributed by atoms with Crippen LogP contribution in [0.3, 0.4) is 0 Å². The molecular weight excluding hydrogens is 926 g/mol. The molecule has 0 N–H and O–H groups in total. The van der Waals surface area contributed by atoms with Crippen molar-refractivity contribution in [2.45, 2.75) is 134 Å². The van der Waals surface area contributed by atoms with Crippen LogP contribution in [0.1, 0.15) is 120 Å². The molecule has 8 rings (SSSR count). The normalized spacial score (nSPS) is 10.3. The second-order valence-electron chi connectivity index (χ2n) is 16.8. The molecule has 0 bridgehead atoms. The van der Waals surface area contributed by atoms with Crippen molar-refractivity contribution in [1.29, 1.82) is 0 Å². The molecule has 0 radical (unpaired) electrons. The Labute approximate surface area is 414 Å². The maximum absolute atomic E-state index is 2.34. The summed E-state index contributed by atoms with van der Waals surface area (Å²) in [6.45, 7) is 26.4. The van der Waals surface area contributed by atoms with Gasteiger partial charge in [0, 0.05) is 0 Å². The molecule has 60 heavy (non-hydrogen) atoms. The van der Waals surface area contributed by atoms with Gasteiger partial charge in [-0.1, -0.05) is 122 Å². The van der Waals surface area contributed by atoms with Crippen LogP contribution in [0.25, 0.3) is 43.1 Å². The number of hydrogen-bond donors (Lipinski definition) is 0. The van der Waals surface area contributed by atoms with Crippen LogP contribution in [0, 0.1) is 55.4 Å². The van der Waals surface area contributed by atoms with E-state index in [0.717, 1.165) is 0 Å². The van der Waals surface area contributed by atoms with Gasteiger partial charge in [-0.05, 0) is 81.1 Å². The smallest absolute Gasteiger partial charge is 1.00 e. The molecule has 0 aliphatic rings. The van der Waals surface area contributed by atoms with Crippen LogP contribution in [0.5, 0.6) is 0 Å². The number of rotatable bonds is 8. The van der Waals surface area contributed by atoms with Gasteiger partial charge in [-0.15, -0.1) is 114 Å². The summed E-state index contributed by atoms with van der Waals surface area (Å²) in [6, 6.07) is 36.9. The number of fused-ring (bicyclic) bond motifs is 4. The fraction of sp³-hybridized carbons (Fsp3) is 0.357. The van der Waals surface area contributed by atoms with Gasteiger partial charge in [0.25, 0.3) is 0 Å². The molecule has 0 fully saturated rings. The van der Waals surface area contributed by atoms with Crippen molar-refractivity contribution in [3.63, 3.8) is 0 Å². The first kappa shape index (κ1) is 55.7. The van der Waals surface area contributed by atoms with E-state index in [0.29, 0.717) is 0 Å². The van der Waals surface area contributed by atoms with Crippen LogP contribution in [0.15, 0.2) is 97.1 Å². The van der Waals surface area contributed by atoms with E-state index in [1.165, 1.54) is 161 Å². The van der Waals surface area contributed by atoms with Crippen molar-refractivity contribution >= 4 is 43.1 Å². The first-order valence-electron chi connectivity index (χ1n) is 21.5. The minimum absolute atomic E-state index is 0. The van der Waals surface area contributed by atoms with E-state index in [4.69, 9.17) is 0 Å². The maximum atomic E-state index is 2.34. The van der Waals surface area contributed by atoms with Gasteiger partial charge in [0.15, 0.2) is 0 Å². The van der Waals surface area contributed by atoms with E-state index in [2.05, 4.69) is 180 Å². The van der Waals surface area contributed by atoms with Crippen molar-refractivity contribution in [2.75, 3.05) is 0 Å². The van der Waals surface area contributed by atoms with Gasteiger partial charge in [0.2, 0.25) is 0 Å². The van der Waals surface area contributed by atoms with Gasteiger partial charge in [-0.2, -0.15) is 24.3 Å². The first-order valence-corrected chi connectivity index (χ1v) is 21.5. The standard InChI is InChI=1S/4C14H17.2ClH.2Zr/c4*1-4-5-12-8-13-7-10(2)6-11(3)14(13)9-12;;;;/h4*6-9H,4-5H2,1-3H3;2*1H;;/q4*-1;;;2*+2/p-2. The minimum Gasteiger partial charge on any atom is -1.00 e. The van der Waals surface area contributed by atoms with Crippen LogP contribution in [0.4, 0.5) is 0 Å². The third-order valence-corrected chi connectivity index (χ3v) is 11.1. The second kappa shape index (κ2) is 26.3. The monoisotopic (exact) mass is 990 g/mol. The van der Waals surface area contributed by atoms with E-state index in [1.54, 1.807) is 0 Å². The Bertz CT molecular complexity index is 2160. The molecule has 0 aromatic heterocycles. The van der Waals surface area contributed by atoms with Crippen LogP contribution < -0.4 is 24.8 Å². The Balaban J connectivity index is 0.000000391. The molecule has 0 amide bonds. The fourth-order valence-corrected chi connectivity index (χ4v) is 8.75. The van der Waals surface area contributed by atoms with E-state index in [-0.39, 0.29) is 77.2 Å². The van der Waals surface area contributed by atoms with E-state index < -0.39 is 0 Å². The van der Waals surface area contributed by atoms with Crippen LogP contribution in [0.2, 0.25) is 0 Å². The van der Waals surface area contributed by atoms with Crippen molar-refractivity contribution in [3.8, 4) is 0 Å². The summed E-state index contributed by atoms with van der Waals surface area (Å²) < 4.78 is 0. The van der Waals surface area contributed by atoms with Crippen molar-refractivity contribution in [1.82, 2.24) is 0 Å². The Hall–Kier alpha value is -2.33. The van der Waals surface area contributed by atoms with E-state index in [1.807, 2.05) is 0 Å². The van der Waals surface area contributed by atoms with Crippen molar-refractivity contribution in [3.05, 3.63) is 164 Å². The van der Waals surface area contributed by atoms with Crippen LogP contribution >= 0.6 is 0 Å². The van der Waals surface area contributed by atoms with E-state index >= 15 is 0 Å². The van der Waals surface area contributed by atoms with Crippen LogP contribution in [-0.2, 0) is 78.1 Å². The van der Waals surface area contributed by atoms with Gasteiger partial charge < -0.3 is 24.8 Å². The molecule has 0 nitrogen and oxygen atoms in total. The Kier molecular flexibility index (Phi) is 24.4. The molecule has 0 unspecified atom stereocenters. The summed E-state index contributed by atoms with van der Waals surface area (Å²) in [7, 11) is 0. The summed E-state index contributed by atoms with van der Waals surface area (Å²) in [5, 5.41) is 11.4. The predicted molar refractivity (Wildman–Crippen MR) is 252 cm³/mol. The van der Waals surface area contributed by atoms with Gasteiger partial charge in [0.05, 0.1) is 0 Å². The molecule has 0 spiro atoms. The molecule has 8 aromatic carbocycles. The van der Waals surface area contributed by atoms with Crippen molar-refractivity contribution in [2.24, 2.45) is 0 Å². The molecular formula is C56H68Cl2Zr2-2. The third-order valence-electron chi connectivity index (χ3n) is 11.1. The molecule has 0 saturated heterocycles. The molecule has 0 heterocycles. The first-order chi connectivity index (χ1) is 26.8. The molecule has 0 aliphatic carbocycles. The van der Waals surface area contributed by atoms with Crippen molar-refractivity contribution < 1.29 is 77.2 Å². The number of hydrogen-bond acceptors (Lipinski definition) is 0. The summed E-state index contributed by atoms with van der Waals surface area (Å²) in [6.07, 6.45) is 9.73. The maximum Gasteiger partial charge on any atom is 2.00 e. The summed E-state index contributed by atoms with van der Waals surface area (Å²) in [5.41, 5.74) is 17.0. The van der Waals surface area contributed by atoms with Gasteiger partial charge in [-0.25, -0.2) is 0 Å². The second-order valence-corrected chi connectivity index (χ2v) is 16.8. The Morgan fingerprint density at radius 3 is 0.650 bits per heavy atom. The predicted octanol–water partition coefficient (Wildman–Crippen LogP) is 10.5. The Morgan fingerprint density at radius 1 is 0.300 bits per heavy atom. The quantitative estimate of drug-likeness (QED) is 0.133. The zero-order valence-corrected chi connectivity index (χ0v) is 45.1. The largest absolute Gasteiger partial charge is 2.00 e. The zero-order valence-electron chi connectivity index (χ0n) is 38.7. The molecule has 0 aliphatic heterocycles. The topological polar surface area (TPSA) is 0 Å². The Morgan fingerprint density at radius 2 is 0.483 bits per heavy atom. The molecule has 0 atom stereocenters. The van der Waals surface area contributed by atoms with Gasteiger partial charge in [-0.3, -0.25) is 0 Å². The molecule has 316 valence electrons. The minimum atomic E-state index is 0. The van der Waals surface area contributed by atoms with Crippen LogP contribution in [-0.4, -0.2) is 0 Å². The third kappa shape index (κ3) is 14.9. The average Bonchev–Trinajstić information content (AvgIpc) is 3.92. The summed E-state index contributed by atoms with van der Waals surface area (Å²) >= 11 is 0. The zero-order chi connectivity index (χ0) is 40.5. The number of halogens is 2.